The molecule has 0 radical (unpaired) electrons. The van der Waals surface area contributed by atoms with Crippen molar-refractivity contribution in [1.82, 2.24) is 10.2 Å². The maximum absolute atomic E-state index is 13.2. The predicted octanol–water partition coefficient (Wildman–Crippen LogP) is 3.15. The van der Waals surface area contributed by atoms with Crippen molar-refractivity contribution in [2.75, 3.05) is 5.43 Å². The normalized spacial score (nSPS) is 11.2. The second kappa shape index (κ2) is 4.89. The second-order valence-corrected chi connectivity index (χ2v) is 4.03. The van der Waals surface area contributed by atoms with Crippen LogP contribution < -0.4 is 5.43 Å². The Morgan fingerprint density at radius 3 is 2.84 bits per heavy atom. The molecule has 3 rings (SSSR count). The lowest BCUT2D eigenvalue weighted by Crippen LogP contribution is -1.90. The number of hydrazone groups is 1. The standard InChI is InChI=1S/C14H11FN4/c15-10-6-7-13-12(8-10)14(19-18-13)9-16-17-11-4-2-1-3-5-11/h1-9,17H,(H,18,19)/b16-9+. The highest BCUT2D eigenvalue weighted by atomic mass is 19.1. The Morgan fingerprint density at radius 2 is 2.00 bits per heavy atom. The van der Waals surface area contributed by atoms with Gasteiger partial charge in [0, 0.05) is 5.39 Å². The van der Waals surface area contributed by atoms with Crippen LogP contribution in [0.25, 0.3) is 10.9 Å². The van der Waals surface area contributed by atoms with Crippen LogP contribution in [0.15, 0.2) is 53.6 Å². The fraction of sp³-hybridized carbons (Fsp3) is 0. The molecule has 2 N–H and O–H groups in total. The lowest BCUT2D eigenvalue weighted by molar-refractivity contribution is 0.629. The molecule has 4 nitrogen and oxygen atoms in total. The highest BCUT2D eigenvalue weighted by Crippen LogP contribution is 2.15. The van der Waals surface area contributed by atoms with Crippen LogP contribution >= 0.6 is 0 Å². The van der Waals surface area contributed by atoms with Gasteiger partial charge in [0.2, 0.25) is 0 Å². The lowest BCUT2D eigenvalue weighted by Gasteiger charge is -1.97. The van der Waals surface area contributed by atoms with Crippen molar-refractivity contribution >= 4 is 22.8 Å². The fourth-order valence-corrected chi connectivity index (χ4v) is 1.78. The summed E-state index contributed by atoms with van der Waals surface area (Å²) < 4.78 is 13.2. The van der Waals surface area contributed by atoms with Crippen LogP contribution in [0.3, 0.4) is 0 Å². The van der Waals surface area contributed by atoms with Gasteiger partial charge in [0.1, 0.15) is 5.82 Å². The van der Waals surface area contributed by atoms with Crippen LogP contribution in [0.2, 0.25) is 0 Å². The molecule has 1 aromatic heterocycles. The number of rotatable bonds is 3. The highest BCUT2D eigenvalue weighted by molar-refractivity contribution is 5.96. The van der Waals surface area contributed by atoms with E-state index in [1.807, 2.05) is 30.3 Å². The Kier molecular flexibility index (Phi) is 2.94. The third-order valence-corrected chi connectivity index (χ3v) is 2.71. The molecular weight excluding hydrogens is 243 g/mol. The van der Waals surface area contributed by atoms with Crippen molar-refractivity contribution in [3.8, 4) is 0 Å². The minimum Gasteiger partial charge on any atom is -0.278 e. The number of fused-ring (bicyclic) bond motifs is 1. The molecule has 1 heterocycles. The molecule has 0 spiro atoms. The van der Waals surface area contributed by atoms with Gasteiger partial charge in [-0.3, -0.25) is 10.5 Å². The smallest absolute Gasteiger partial charge is 0.124 e. The number of aromatic amines is 1. The number of H-pyrrole nitrogens is 1. The van der Waals surface area contributed by atoms with E-state index in [2.05, 4.69) is 20.7 Å². The summed E-state index contributed by atoms with van der Waals surface area (Å²) in [6.07, 6.45) is 1.59. The zero-order valence-electron chi connectivity index (χ0n) is 9.97. The summed E-state index contributed by atoms with van der Waals surface area (Å²) >= 11 is 0. The summed E-state index contributed by atoms with van der Waals surface area (Å²) in [5, 5.41) is 11.7. The highest BCUT2D eigenvalue weighted by Gasteiger charge is 2.03. The molecule has 0 saturated carbocycles. The van der Waals surface area contributed by atoms with E-state index in [4.69, 9.17) is 0 Å². The van der Waals surface area contributed by atoms with Gasteiger partial charge in [0.15, 0.2) is 0 Å². The number of hydrogen-bond donors (Lipinski definition) is 2. The van der Waals surface area contributed by atoms with Crippen LogP contribution in [0, 0.1) is 5.82 Å². The third kappa shape index (κ3) is 2.44. The van der Waals surface area contributed by atoms with Crippen LogP contribution in [0.4, 0.5) is 10.1 Å². The Labute approximate surface area is 109 Å². The Bertz CT molecular complexity index is 719. The molecule has 0 saturated heterocycles. The molecule has 19 heavy (non-hydrogen) atoms. The van der Waals surface area contributed by atoms with Crippen LogP contribution in [-0.2, 0) is 0 Å². The zero-order valence-corrected chi connectivity index (χ0v) is 9.97. The van der Waals surface area contributed by atoms with Crippen LogP contribution in [0.5, 0.6) is 0 Å². The fourth-order valence-electron chi connectivity index (χ4n) is 1.78. The van der Waals surface area contributed by atoms with Gasteiger partial charge in [0.05, 0.1) is 23.1 Å². The van der Waals surface area contributed by atoms with Gasteiger partial charge < -0.3 is 0 Å². The number of nitrogens with one attached hydrogen (secondary N) is 2. The summed E-state index contributed by atoms with van der Waals surface area (Å²) in [7, 11) is 0. The van der Waals surface area contributed by atoms with E-state index in [1.165, 1.54) is 12.1 Å². The van der Waals surface area contributed by atoms with Crippen molar-refractivity contribution in [1.29, 1.82) is 0 Å². The topological polar surface area (TPSA) is 53.1 Å². The maximum atomic E-state index is 13.2. The summed E-state index contributed by atoms with van der Waals surface area (Å²) in [5.41, 5.74) is 5.15. The molecular formula is C14H11FN4. The van der Waals surface area contributed by atoms with Gasteiger partial charge in [0.25, 0.3) is 0 Å². The first-order valence-electron chi connectivity index (χ1n) is 5.81. The molecule has 0 aliphatic carbocycles. The van der Waals surface area contributed by atoms with Gasteiger partial charge in [-0.2, -0.15) is 10.2 Å². The third-order valence-electron chi connectivity index (χ3n) is 2.71. The van der Waals surface area contributed by atoms with Crippen molar-refractivity contribution in [3.05, 3.63) is 60.0 Å². The van der Waals surface area contributed by atoms with Gasteiger partial charge >= 0.3 is 0 Å². The summed E-state index contributed by atoms with van der Waals surface area (Å²) in [5.74, 6) is -0.292. The predicted molar refractivity (Wildman–Crippen MR) is 73.7 cm³/mol. The van der Waals surface area contributed by atoms with Crippen LogP contribution in [0.1, 0.15) is 5.69 Å². The number of nitrogens with zero attached hydrogens (tertiary/aromatic N) is 2. The number of para-hydroxylation sites is 1. The van der Waals surface area contributed by atoms with Crippen molar-refractivity contribution < 1.29 is 4.39 Å². The summed E-state index contributed by atoms with van der Waals surface area (Å²) in [6.45, 7) is 0. The largest absolute Gasteiger partial charge is 0.278 e. The molecule has 3 aromatic rings. The Hall–Kier alpha value is -2.69. The molecule has 0 fully saturated rings. The maximum Gasteiger partial charge on any atom is 0.124 e. The number of benzene rings is 2. The minimum absolute atomic E-state index is 0.292. The van der Waals surface area contributed by atoms with Crippen molar-refractivity contribution in [2.45, 2.75) is 0 Å². The summed E-state index contributed by atoms with van der Waals surface area (Å²) in [6, 6.07) is 14.0. The number of hydrogen-bond acceptors (Lipinski definition) is 3. The van der Waals surface area contributed by atoms with E-state index in [0.29, 0.717) is 16.6 Å². The Morgan fingerprint density at radius 1 is 1.16 bits per heavy atom. The first kappa shape index (κ1) is 11.4. The van der Waals surface area contributed by atoms with Crippen molar-refractivity contribution in [3.63, 3.8) is 0 Å². The molecule has 0 bridgehead atoms. The van der Waals surface area contributed by atoms with Gasteiger partial charge in [-0.1, -0.05) is 18.2 Å². The quantitative estimate of drug-likeness (QED) is 0.557. The lowest BCUT2D eigenvalue weighted by atomic mass is 10.2. The van der Waals surface area contributed by atoms with Crippen LogP contribution in [-0.4, -0.2) is 16.4 Å². The average Bonchev–Trinajstić information content (AvgIpc) is 2.83. The molecule has 0 unspecified atom stereocenters. The van der Waals surface area contributed by atoms with Gasteiger partial charge in [-0.15, -0.1) is 0 Å². The van der Waals surface area contributed by atoms with E-state index >= 15 is 0 Å². The SMILES string of the molecule is Fc1ccc2n[nH]c(/C=N/Nc3ccccc3)c2c1. The van der Waals surface area contributed by atoms with E-state index in [1.54, 1.807) is 12.3 Å². The minimum atomic E-state index is -0.292. The van der Waals surface area contributed by atoms with E-state index in [-0.39, 0.29) is 5.82 Å². The molecule has 2 aromatic carbocycles. The molecule has 0 amide bonds. The first-order chi connectivity index (χ1) is 9.33. The van der Waals surface area contributed by atoms with Gasteiger partial charge in [-0.05, 0) is 30.3 Å². The number of halogens is 1. The Balaban J connectivity index is 1.83. The molecule has 5 heteroatoms. The zero-order chi connectivity index (χ0) is 13.1. The molecule has 0 atom stereocenters. The average molecular weight is 254 g/mol. The second-order valence-electron chi connectivity index (χ2n) is 4.03. The monoisotopic (exact) mass is 254 g/mol. The molecule has 0 aliphatic rings. The van der Waals surface area contributed by atoms with Gasteiger partial charge in [-0.25, -0.2) is 4.39 Å². The first-order valence-corrected chi connectivity index (χ1v) is 5.81. The van der Waals surface area contributed by atoms with Crippen molar-refractivity contribution in [2.24, 2.45) is 5.10 Å². The molecule has 0 aliphatic heterocycles. The van der Waals surface area contributed by atoms with E-state index in [9.17, 15) is 4.39 Å². The summed E-state index contributed by atoms with van der Waals surface area (Å²) in [4.78, 5) is 0. The number of anilines is 1. The van der Waals surface area contributed by atoms with E-state index < -0.39 is 0 Å². The number of aromatic nitrogens is 2. The van der Waals surface area contributed by atoms with E-state index in [0.717, 1.165) is 5.69 Å². The molecule has 94 valence electrons.